The van der Waals surface area contributed by atoms with Crippen molar-refractivity contribution in [2.75, 3.05) is 53.3 Å². The highest BCUT2D eigenvalue weighted by molar-refractivity contribution is 7.17. The van der Waals surface area contributed by atoms with Crippen molar-refractivity contribution in [2.45, 2.75) is 26.2 Å². The zero-order chi connectivity index (χ0) is 36.0. The third kappa shape index (κ3) is 6.54. The topological polar surface area (TPSA) is 117 Å². The molecule has 0 radical (unpaired) electrons. The van der Waals surface area contributed by atoms with Gasteiger partial charge in [-0.1, -0.05) is 29.3 Å². The van der Waals surface area contributed by atoms with Gasteiger partial charge in [-0.15, -0.1) is 11.3 Å². The van der Waals surface area contributed by atoms with Gasteiger partial charge in [-0.25, -0.2) is 4.98 Å². The summed E-state index contributed by atoms with van der Waals surface area (Å²) in [5.74, 6) is -0.0883. The van der Waals surface area contributed by atoms with E-state index in [0.717, 1.165) is 55.1 Å². The summed E-state index contributed by atoms with van der Waals surface area (Å²) < 4.78 is 5.56. The van der Waals surface area contributed by atoms with E-state index in [1.165, 1.54) is 11.3 Å². The molecule has 0 bridgehead atoms. The van der Waals surface area contributed by atoms with Crippen LogP contribution in [0.3, 0.4) is 0 Å². The molecule has 3 aliphatic heterocycles. The highest BCUT2D eigenvalue weighted by atomic mass is 35.5. The van der Waals surface area contributed by atoms with Crippen LogP contribution in [0.1, 0.15) is 54.4 Å². The molecule has 52 heavy (non-hydrogen) atoms. The molecule has 13 heteroatoms. The van der Waals surface area contributed by atoms with Crippen molar-refractivity contribution in [1.29, 1.82) is 0 Å². The van der Waals surface area contributed by atoms with Crippen LogP contribution in [-0.2, 0) is 11.2 Å². The smallest absolute Gasteiger partial charge is 0.265 e. The zero-order valence-corrected chi connectivity index (χ0v) is 30.6. The van der Waals surface area contributed by atoms with Gasteiger partial charge in [0.25, 0.3) is 17.7 Å². The number of hydrogen-bond acceptors (Lipinski definition) is 8. The number of aromatic nitrogens is 2. The number of carbonyl (C=O) groups is 3. The minimum atomic E-state index is -0.329. The third-order valence-electron chi connectivity index (χ3n) is 9.92. The van der Waals surface area contributed by atoms with E-state index >= 15 is 0 Å². The maximum Gasteiger partial charge on any atom is 0.265 e. The van der Waals surface area contributed by atoms with Gasteiger partial charge in [0.1, 0.15) is 11.5 Å². The molecule has 0 unspecified atom stereocenters. The van der Waals surface area contributed by atoms with E-state index in [9.17, 15) is 14.4 Å². The molecule has 8 rings (SSSR count). The molecule has 3 aliphatic rings. The van der Waals surface area contributed by atoms with E-state index in [0.29, 0.717) is 67.6 Å². The standard InChI is InChI=1S/C39H34Cl2N6O4S/c1-23-18-27(35(43-20-23)46-21-39(22-46)12-16-51-17-13-39)36(48)44-26-9-7-24(8-10-26)38(50)47-15-11-25-19-31(52-34(25)33-30(47)6-3-14-42-33)37(49)45-32-28(40)4-2-5-29(32)41/h2-10,14,18-20H,11-13,15-17,21-22H2,1H3,(H,44,48)(H,45,49). The van der Waals surface area contributed by atoms with Crippen LogP contribution in [0.2, 0.25) is 10.0 Å². The molecule has 1 spiro atoms. The number of nitrogens with one attached hydrogen (secondary N) is 2. The molecule has 264 valence electrons. The van der Waals surface area contributed by atoms with Gasteiger partial charge in [0, 0.05) is 61.9 Å². The molecule has 2 aromatic carbocycles. The van der Waals surface area contributed by atoms with E-state index in [2.05, 4.69) is 25.5 Å². The zero-order valence-electron chi connectivity index (χ0n) is 28.2. The molecule has 0 aliphatic carbocycles. The lowest BCUT2D eigenvalue weighted by Gasteiger charge is -2.53. The molecule has 10 nitrogen and oxygen atoms in total. The summed E-state index contributed by atoms with van der Waals surface area (Å²) in [4.78, 5) is 55.4. The minimum absolute atomic E-state index is 0.196. The summed E-state index contributed by atoms with van der Waals surface area (Å²) in [5.41, 5.74) is 5.25. The number of nitrogens with zero attached hydrogens (tertiary/aromatic N) is 4. The summed E-state index contributed by atoms with van der Waals surface area (Å²) in [6.07, 6.45) is 6.04. The summed E-state index contributed by atoms with van der Waals surface area (Å²) >= 11 is 13.9. The predicted octanol–water partition coefficient (Wildman–Crippen LogP) is 8.14. The van der Waals surface area contributed by atoms with Crippen LogP contribution in [-0.4, -0.2) is 60.5 Å². The molecule has 6 heterocycles. The number of thiophene rings is 1. The number of ether oxygens (including phenoxy) is 1. The van der Waals surface area contributed by atoms with E-state index in [-0.39, 0.29) is 23.1 Å². The second kappa shape index (κ2) is 14.0. The fourth-order valence-corrected chi connectivity index (χ4v) is 8.74. The lowest BCUT2D eigenvalue weighted by atomic mass is 9.73. The average molecular weight is 754 g/mol. The molecule has 2 fully saturated rings. The number of para-hydroxylation sites is 1. The Morgan fingerprint density at radius 2 is 1.65 bits per heavy atom. The molecule has 3 aromatic heterocycles. The maximum atomic E-state index is 14.0. The second-order valence-corrected chi connectivity index (χ2v) is 15.3. The van der Waals surface area contributed by atoms with Gasteiger partial charge in [-0.2, -0.15) is 0 Å². The number of fused-ring (bicyclic) bond motifs is 3. The highest BCUT2D eigenvalue weighted by Crippen LogP contribution is 2.43. The van der Waals surface area contributed by atoms with Gasteiger partial charge < -0.3 is 25.2 Å². The summed E-state index contributed by atoms with van der Waals surface area (Å²) in [5, 5.41) is 6.53. The van der Waals surface area contributed by atoms with Gasteiger partial charge in [0.15, 0.2) is 0 Å². The Morgan fingerprint density at radius 3 is 2.40 bits per heavy atom. The van der Waals surface area contributed by atoms with Crippen LogP contribution in [0, 0.1) is 12.3 Å². The fourth-order valence-electron chi connectivity index (χ4n) is 7.14. The number of aryl methyl sites for hydroxylation is 1. The van der Waals surface area contributed by atoms with Crippen molar-refractivity contribution in [3.05, 3.63) is 116 Å². The first-order valence-corrected chi connectivity index (χ1v) is 18.6. The number of hydrogen-bond donors (Lipinski definition) is 2. The number of carbonyl (C=O) groups excluding carboxylic acids is 3. The van der Waals surface area contributed by atoms with Crippen LogP contribution in [0.25, 0.3) is 10.6 Å². The number of amides is 3. The first-order chi connectivity index (χ1) is 25.2. The summed E-state index contributed by atoms with van der Waals surface area (Å²) in [6, 6.07) is 19.3. The Balaban J connectivity index is 0.976. The summed E-state index contributed by atoms with van der Waals surface area (Å²) in [7, 11) is 0. The summed E-state index contributed by atoms with van der Waals surface area (Å²) in [6.45, 7) is 5.59. The Morgan fingerprint density at radius 1 is 0.904 bits per heavy atom. The molecule has 5 aromatic rings. The van der Waals surface area contributed by atoms with Gasteiger partial charge in [0.2, 0.25) is 0 Å². The second-order valence-electron chi connectivity index (χ2n) is 13.5. The fraction of sp³-hybridized carbons (Fsp3) is 0.256. The highest BCUT2D eigenvalue weighted by Gasteiger charge is 2.45. The van der Waals surface area contributed by atoms with Gasteiger partial charge >= 0.3 is 0 Å². The minimum Gasteiger partial charge on any atom is -0.381 e. The van der Waals surface area contributed by atoms with Gasteiger partial charge in [0.05, 0.1) is 36.7 Å². The van der Waals surface area contributed by atoms with Gasteiger partial charge in [-0.05, 0) is 98.0 Å². The number of halogens is 2. The van der Waals surface area contributed by atoms with E-state index in [4.69, 9.17) is 27.9 Å². The van der Waals surface area contributed by atoms with Crippen molar-refractivity contribution < 1.29 is 19.1 Å². The lowest BCUT2D eigenvalue weighted by Crippen LogP contribution is -2.59. The Kier molecular flexibility index (Phi) is 9.21. The van der Waals surface area contributed by atoms with E-state index in [1.807, 2.05) is 25.1 Å². The number of benzene rings is 2. The Hall–Kier alpha value is -4.81. The Labute approximate surface area is 314 Å². The average Bonchev–Trinajstić information content (AvgIpc) is 3.51. The number of pyridine rings is 2. The predicted molar refractivity (Wildman–Crippen MR) is 205 cm³/mol. The van der Waals surface area contributed by atoms with Crippen molar-refractivity contribution in [1.82, 2.24) is 9.97 Å². The SMILES string of the molecule is Cc1cnc(N2CC3(CCOCC3)C2)c(C(=O)Nc2ccc(C(=O)N3CCc4cc(C(=O)Nc5c(Cl)cccc5Cl)sc4-c4ncccc43)cc2)c1. The molecular weight excluding hydrogens is 719 g/mol. The van der Waals surface area contributed by atoms with Crippen LogP contribution in [0.5, 0.6) is 0 Å². The molecule has 3 amide bonds. The van der Waals surface area contributed by atoms with Crippen LogP contribution in [0.15, 0.2) is 79.1 Å². The van der Waals surface area contributed by atoms with Crippen molar-refractivity contribution >= 4 is 75.1 Å². The maximum absolute atomic E-state index is 14.0. The van der Waals surface area contributed by atoms with Crippen molar-refractivity contribution in [2.24, 2.45) is 5.41 Å². The van der Waals surface area contributed by atoms with Crippen molar-refractivity contribution in [3.8, 4) is 10.6 Å². The molecule has 0 atom stereocenters. The first-order valence-electron chi connectivity index (χ1n) is 17.0. The molecule has 0 saturated carbocycles. The normalized spacial score (nSPS) is 16.0. The lowest BCUT2D eigenvalue weighted by molar-refractivity contribution is -0.000511. The quantitative estimate of drug-likeness (QED) is 0.180. The molecule has 2 saturated heterocycles. The molecule has 2 N–H and O–H groups in total. The van der Waals surface area contributed by atoms with E-state index in [1.54, 1.807) is 65.8 Å². The first kappa shape index (κ1) is 34.3. The van der Waals surface area contributed by atoms with Crippen molar-refractivity contribution in [3.63, 3.8) is 0 Å². The van der Waals surface area contributed by atoms with Crippen LogP contribution >= 0.6 is 34.5 Å². The number of rotatable bonds is 6. The van der Waals surface area contributed by atoms with Crippen LogP contribution < -0.4 is 20.4 Å². The molecular formula is C39H34Cl2N6O4S. The Bertz CT molecular complexity index is 2190. The third-order valence-corrected chi connectivity index (χ3v) is 11.7. The van der Waals surface area contributed by atoms with Crippen LogP contribution in [0.4, 0.5) is 22.9 Å². The monoisotopic (exact) mass is 752 g/mol. The number of anilines is 4. The van der Waals surface area contributed by atoms with Gasteiger partial charge in [-0.3, -0.25) is 19.4 Å². The largest absolute Gasteiger partial charge is 0.381 e. The van der Waals surface area contributed by atoms with E-state index < -0.39 is 0 Å².